The Balaban J connectivity index is 1.49. The van der Waals surface area contributed by atoms with Gasteiger partial charge >= 0.3 is 0 Å². The topological polar surface area (TPSA) is 79.8 Å². The third kappa shape index (κ3) is 5.15. The van der Waals surface area contributed by atoms with Crippen LogP contribution in [0.25, 0.3) is 10.9 Å². The lowest BCUT2D eigenvalue weighted by Gasteiger charge is -2.37. The number of halogens is 1. The average Bonchev–Trinajstić information content (AvgIpc) is 3.39. The minimum atomic E-state index is -4.04. The number of carbonyl (C=O) groups excluding carboxylic acids is 1. The quantitative estimate of drug-likeness (QED) is 0.313. The Labute approximate surface area is 225 Å². The van der Waals surface area contributed by atoms with Gasteiger partial charge in [-0.15, -0.1) is 11.3 Å². The van der Waals surface area contributed by atoms with Gasteiger partial charge in [-0.1, -0.05) is 41.9 Å². The number of hydrogen-bond acceptors (Lipinski definition) is 6. The summed E-state index contributed by atoms with van der Waals surface area (Å²) in [6.45, 7) is 0.378. The molecule has 1 atom stereocenters. The molecule has 0 spiro atoms. The van der Waals surface area contributed by atoms with Gasteiger partial charge in [-0.25, -0.2) is 8.42 Å². The highest BCUT2D eigenvalue weighted by Gasteiger charge is 2.36. The molecule has 7 nitrogen and oxygen atoms in total. The number of nitrogens with zero attached hydrogens (tertiary/aromatic N) is 3. The van der Waals surface area contributed by atoms with Gasteiger partial charge in [0.15, 0.2) is 0 Å². The largest absolute Gasteiger partial charge is 0.383 e. The van der Waals surface area contributed by atoms with Crippen LogP contribution >= 0.6 is 22.9 Å². The van der Waals surface area contributed by atoms with E-state index in [1.54, 1.807) is 34.6 Å². The molecule has 0 N–H and O–H groups in total. The van der Waals surface area contributed by atoms with Gasteiger partial charge in [0.1, 0.15) is 4.90 Å². The maximum atomic E-state index is 13.9. The number of methoxy groups -OCH3 is 1. The van der Waals surface area contributed by atoms with Gasteiger partial charge in [-0.3, -0.25) is 9.78 Å². The maximum absolute atomic E-state index is 13.9. The van der Waals surface area contributed by atoms with Crippen LogP contribution < -0.4 is 0 Å². The van der Waals surface area contributed by atoms with Crippen molar-refractivity contribution in [1.82, 2.24) is 14.2 Å². The first kappa shape index (κ1) is 25.8. The fraction of sp³-hybridized carbons (Fsp3) is 0.259. The Bertz CT molecular complexity index is 1520. The van der Waals surface area contributed by atoms with E-state index in [1.165, 1.54) is 22.4 Å². The van der Waals surface area contributed by atoms with Crippen molar-refractivity contribution in [3.63, 3.8) is 0 Å². The molecule has 5 rings (SSSR count). The molecule has 3 heterocycles. The van der Waals surface area contributed by atoms with Crippen molar-refractivity contribution in [2.75, 3.05) is 33.4 Å². The van der Waals surface area contributed by atoms with Crippen molar-refractivity contribution in [2.24, 2.45) is 0 Å². The van der Waals surface area contributed by atoms with Crippen molar-refractivity contribution in [3.05, 3.63) is 93.3 Å². The van der Waals surface area contributed by atoms with Gasteiger partial charge in [-0.2, -0.15) is 4.31 Å². The number of aromatic nitrogens is 1. The van der Waals surface area contributed by atoms with Gasteiger partial charge in [0, 0.05) is 41.7 Å². The summed E-state index contributed by atoms with van der Waals surface area (Å²) in [6, 6.07) is 17.8. The minimum absolute atomic E-state index is 0.0386. The Morgan fingerprint density at radius 2 is 1.95 bits per heavy atom. The van der Waals surface area contributed by atoms with Gasteiger partial charge in [0.25, 0.3) is 0 Å². The first-order valence-electron chi connectivity index (χ1n) is 11.8. The molecule has 2 aromatic heterocycles. The highest BCUT2D eigenvalue weighted by Crippen LogP contribution is 2.38. The van der Waals surface area contributed by atoms with E-state index in [4.69, 9.17) is 16.3 Å². The molecule has 0 radical (unpaired) electrons. The number of para-hydroxylation sites is 1. The molecule has 0 fully saturated rings. The van der Waals surface area contributed by atoms with E-state index in [0.29, 0.717) is 22.5 Å². The molecule has 0 bridgehead atoms. The summed E-state index contributed by atoms with van der Waals surface area (Å²) in [5.41, 5.74) is 2.37. The minimum Gasteiger partial charge on any atom is -0.383 e. The summed E-state index contributed by atoms with van der Waals surface area (Å²) in [4.78, 5) is 21.2. The second-order valence-corrected chi connectivity index (χ2v) is 12.1. The van der Waals surface area contributed by atoms with Crippen LogP contribution in [0.1, 0.15) is 22.0 Å². The zero-order valence-electron chi connectivity index (χ0n) is 20.2. The summed E-state index contributed by atoms with van der Waals surface area (Å²) >= 11 is 7.80. The number of amides is 1. The fourth-order valence-electron chi connectivity index (χ4n) is 4.73. The Kier molecular flexibility index (Phi) is 7.60. The van der Waals surface area contributed by atoms with Crippen molar-refractivity contribution < 1.29 is 17.9 Å². The van der Waals surface area contributed by atoms with Gasteiger partial charge in [-0.05, 0) is 53.3 Å². The van der Waals surface area contributed by atoms with Crippen molar-refractivity contribution in [1.29, 1.82) is 0 Å². The van der Waals surface area contributed by atoms with Crippen molar-refractivity contribution in [3.8, 4) is 0 Å². The molecular formula is C27H26ClN3O4S2. The molecule has 1 amide bonds. The molecule has 1 aliphatic heterocycles. The van der Waals surface area contributed by atoms with Crippen LogP contribution in [0.4, 0.5) is 0 Å². The van der Waals surface area contributed by atoms with Gasteiger partial charge in [0.2, 0.25) is 15.9 Å². The average molecular weight is 556 g/mol. The van der Waals surface area contributed by atoms with E-state index in [9.17, 15) is 13.2 Å². The number of benzene rings is 2. The molecule has 192 valence electrons. The molecule has 0 aliphatic carbocycles. The monoisotopic (exact) mass is 555 g/mol. The van der Waals surface area contributed by atoms with E-state index in [1.807, 2.05) is 47.8 Å². The predicted molar refractivity (Wildman–Crippen MR) is 145 cm³/mol. The summed E-state index contributed by atoms with van der Waals surface area (Å²) in [7, 11) is -2.54. The molecule has 2 aromatic carbocycles. The smallest absolute Gasteiger partial charge is 0.245 e. The van der Waals surface area contributed by atoms with Crippen LogP contribution in [0.3, 0.4) is 0 Å². The molecule has 10 heteroatoms. The summed E-state index contributed by atoms with van der Waals surface area (Å²) in [6.07, 6.45) is 2.29. The first-order valence-corrected chi connectivity index (χ1v) is 14.5. The second kappa shape index (κ2) is 10.9. The number of thiophene rings is 1. The summed E-state index contributed by atoms with van der Waals surface area (Å²) in [5, 5.41) is 3.36. The third-order valence-electron chi connectivity index (χ3n) is 6.54. The molecule has 0 saturated heterocycles. The van der Waals surface area contributed by atoms with Gasteiger partial charge in [0.05, 0.1) is 24.7 Å². The summed E-state index contributed by atoms with van der Waals surface area (Å²) in [5.74, 6) is -0.273. The number of rotatable bonds is 8. The number of sulfonamides is 1. The lowest BCUT2D eigenvalue weighted by atomic mass is 9.93. The highest BCUT2D eigenvalue weighted by molar-refractivity contribution is 7.89. The third-order valence-corrected chi connectivity index (χ3v) is 9.67. The van der Waals surface area contributed by atoms with E-state index >= 15 is 0 Å². The molecule has 1 unspecified atom stereocenters. The van der Waals surface area contributed by atoms with E-state index < -0.39 is 10.0 Å². The number of pyridine rings is 1. The molecule has 0 saturated carbocycles. The lowest BCUT2D eigenvalue weighted by molar-refractivity contribution is -0.133. The Morgan fingerprint density at radius 1 is 1.16 bits per heavy atom. The SMILES string of the molecule is COCCN(CC(=O)N1CCc2sccc2C1c1ccc(Cl)cc1)S(=O)(=O)c1cccc2cccnc12. The van der Waals surface area contributed by atoms with Crippen LogP contribution in [0.2, 0.25) is 5.02 Å². The molecule has 1 aliphatic rings. The maximum Gasteiger partial charge on any atom is 0.245 e. The standard InChI is InChI=1S/C27H26ClN3O4S2/c1-35-16-15-30(37(33,34)24-6-2-4-19-5-3-13-29-26(19)24)18-25(32)31-14-11-23-22(12-17-36-23)27(31)20-7-9-21(28)10-8-20/h2-10,12-13,17,27H,11,14-16,18H2,1H3. The fourth-order valence-corrected chi connectivity index (χ4v) is 7.30. The zero-order chi connectivity index (χ0) is 26.0. The van der Waals surface area contributed by atoms with Crippen LogP contribution in [0, 0.1) is 0 Å². The Hall–Kier alpha value is -2.82. The van der Waals surface area contributed by atoms with Crippen LogP contribution in [0.5, 0.6) is 0 Å². The normalized spacial score (nSPS) is 15.8. The molecular weight excluding hydrogens is 530 g/mol. The molecule has 4 aromatic rings. The van der Waals surface area contributed by atoms with Gasteiger partial charge < -0.3 is 9.64 Å². The van der Waals surface area contributed by atoms with Crippen LogP contribution in [0.15, 0.2) is 77.1 Å². The predicted octanol–water partition coefficient (Wildman–Crippen LogP) is 4.76. The van der Waals surface area contributed by atoms with Crippen molar-refractivity contribution >= 4 is 49.8 Å². The number of ether oxygens (including phenoxy) is 1. The van der Waals surface area contributed by atoms with E-state index in [2.05, 4.69) is 4.98 Å². The zero-order valence-corrected chi connectivity index (χ0v) is 22.6. The number of fused-ring (bicyclic) bond motifs is 2. The first-order chi connectivity index (χ1) is 17.9. The Morgan fingerprint density at radius 3 is 2.73 bits per heavy atom. The van der Waals surface area contributed by atoms with Crippen molar-refractivity contribution in [2.45, 2.75) is 17.4 Å². The molecule has 37 heavy (non-hydrogen) atoms. The number of carbonyl (C=O) groups is 1. The van der Waals surface area contributed by atoms with E-state index in [0.717, 1.165) is 17.5 Å². The lowest BCUT2D eigenvalue weighted by Crippen LogP contribution is -2.47. The summed E-state index contributed by atoms with van der Waals surface area (Å²) < 4.78 is 34.1. The number of hydrogen-bond donors (Lipinski definition) is 0. The highest BCUT2D eigenvalue weighted by atomic mass is 35.5. The second-order valence-electron chi connectivity index (χ2n) is 8.75. The van der Waals surface area contributed by atoms with E-state index in [-0.39, 0.29) is 36.5 Å². The van der Waals surface area contributed by atoms with Crippen LogP contribution in [-0.2, 0) is 26.0 Å². The van der Waals surface area contributed by atoms with Crippen LogP contribution in [-0.4, -0.2) is 61.9 Å².